The van der Waals surface area contributed by atoms with Crippen molar-refractivity contribution in [2.75, 3.05) is 5.43 Å². The number of anilines is 1. The van der Waals surface area contributed by atoms with E-state index in [0.717, 1.165) is 23.6 Å². The summed E-state index contributed by atoms with van der Waals surface area (Å²) in [7, 11) is 0. The Hall–Kier alpha value is -1.58. The van der Waals surface area contributed by atoms with Crippen LogP contribution < -0.4 is 10.9 Å². The van der Waals surface area contributed by atoms with Crippen LogP contribution in [0.5, 0.6) is 0 Å². The lowest BCUT2D eigenvalue weighted by Gasteiger charge is -2.17. The lowest BCUT2D eigenvalue weighted by molar-refractivity contribution is 1.02. The first-order chi connectivity index (χ1) is 5.90. The second kappa shape index (κ2) is 2.81. The molecule has 1 aromatic heterocycles. The molecule has 2 rings (SSSR count). The van der Waals surface area contributed by atoms with Crippen LogP contribution in [0, 0.1) is 0 Å². The summed E-state index contributed by atoms with van der Waals surface area (Å²) in [5.74, 6) is 0.940. The number of hydrazine groups is 1. The Labute approximate surface area is 70.7 Å². The monoisotopic (exact) mass is 162 g/mol. The number of pyridine rings is 1. The topological polar surface area (TPSA) is 49.3 Å². The quantitative estimate of drug-likeness (QED) is 0.657. The van der Waals surface area contributed by atoms with Crippen LogP contribution in [0.1, 0.15) is 13.3 Å². The summed E-state index contributed by atoms with van der Waals surface area (Å²) in [4.78, 5) is 8.34. The summed E-state index contributed by atoms with van der Waals surface area (Å²) in [6, 6.07) is 1.89. The average Bonchev–Trinajstić information content (AvgIpc) is 2.17. The van der Waals surface area contributed by atoms with E-state index in [4.69, 9.17) is 0 Å². The number of aromatic nitrogens is 1. The van der Waals surface area contributed by atoms with Gasteiger partial charge in [-0.25, -0.2) is 4.99 Å². The van der Waals surface area contributed by atoms with Crippen molar-refractivity contribution in [2.24, 2.45) is 4.99 Å². The van der Waals surface area contributed by atoms with Crippen molar-refractivity contribution in [1.29, 1.82) is 0 Å². The van der Waals surface area contributed by atoms with Crippen LogP contribution in [-0.4, -0.2) is 10.8 Å². The van der Waals surface area contributed by atoms with Gasteiger partial charge in [-0.1, -0.05) is 6.92 Å². The number of hydrogen-bond donors (Lipinski definition) is 2. The van der Waals surface area contributed by atoms with E-state index in [2.05, 4.69) is 27.8 Å². The van der Waals surface area contributed by atoms with Crippen molar-refractivity contribution in [3.63, 3.8) is 0 Å². The number of nitrogens with zero attached hydrogens (tertiary/aromatic N) is 2. The van der Waals surface area contributed by atoms with E-state index < -0.39 is 0 Å². The molecule has 1 aliphatic heterocycles. The van der Waals surface area contributed by atoms with Gasteiger partial charge < -0.3 is 0 Å². The number of fused-ring (bicyclic) bond motifs is 1. The van der Waals surface area contributed by atoms with Gasteiger partial charge in [0.05, 0.1) is 11.9 Å². The maximum atomic E-state index is 4.34. The minimum atomic E-state index is 0.890. The van der Waals surface area contributed by atoms with Crippen LogP contribution in [0.15, 0.2) is 23.5 Å². The lowest BCUT2D eigenvalue weighted by atomic mass is 10.3. The zero-order valence-electron chi connectivity index (χ0n) is 6.83. The molecule has 1 aliphatic rings. The molecule has 62 valence electrons. The highest BCUT2D eigenvalue weighted by Gasteiger charge is 2.07. The van der Waals surface area contributed by atoms with Gasteiger partial charge >= 0.3 is 0 Å². The van der Waals surface area contributed by atoms with E-state index in [-0.39, 0.29) is 0 Å². The first-order valence-corrected chi connectivity index (χ1v) is 3.93. The molecule has 4 heteroatoms. The van der Waals surface area contributed by atoms with E-state index >= 15 is 0 Å². The van der Waals surface area contributed by atoms with Gasteiger partial charge in [0.1, 0.15) is 11.5 Å². The second-order valence-electron chi connectivity index (χ2n) is 2.55. The lowest BCUT2D eigenvalue weighted by Crippen LogP contribution is -2.31. The zero-order chi connectivity index (χ0) is 8.39. The summed E-state index contributed by atoms with van der Waals surface area (Å²) in [5, 5.41) is 0. The molecule has 2 heterocycles. The fraction of sp³-hybridized carbons (Fsp3) is 0.250. The van der Waals surface area contributed by atoms with Crippen LogP contribution in [0.2, 0.25) is 0 Å². The Balaban J connectivity index is 2.41. The fourth-order valence-corrected chi connectivity index (χ4v) is 1.06. The summed E-state index contributed by atoms with van der Waals surface area (Å²) in [6.07, 6.45) is 4.38. The maximum absolute atomic E-state index is 4.34. The van der Waals surface area contributed by atoms with Crippen LogP contribution in [0.25, 0.3) is 0 Å². The summed E-state index contributed by atoms with van der Waals surface area (Å²) in [6.45, 7) is 2.05. The second-order valence-corrected chi connectivity index (χ2v) is 2.55. The highest BCUT2D eigenvalue weighted by molar-refractivity contribution is 5.90. The summed E-state index contributed by atoms with van der Waals surface area (Å²) in [5.41, 5.74) is 7.91. The molecule has 0 atom stereocenters. The predicted molar refractivity (Wildman–Crippen MR) is 48.4 cm³/mol. The van der Waals surface area contributed by atoms with Gasteiger partial charge in [-0.2, -0.15) is 0 Å². The van der Waals surface area contributed by atoms with Crippen LogP contribution in [0.3, 0.4) is 0 Å². The average molecular weight is 162 g/mol. The third kappa shape index (κ3) is 1.11. The minimum absolute atomic E-state index is 0.890. The van der Waals surface area contributed by atoms with Crippen molar-refractivity contribution < 1.29 is 0 Å². The van der Waals surface area contributed by atoms with E-state index in [9.17, 15) is 0 Å². The van der Waals surface area contributed by atoms with Gasteiger partial charge in [0.15, 0.2) is 0 Å². The third-order valence-electron chi connectivity index (χ3n) is 1.73. The van der Waals surface area contributed by atoms with Gasteiger partial charge in [0.2, 0.25) is 0 Å². The molecule has 1 aromatic rings. The standard InChI is InChI=1S/C8H10N4/c1-2-8-10-7-5-9-4-3-6(7)11-12-8/h3-5,11H,2H2,1H3,(H,10,12). The van der Waals surface area contributed by atoms with Crippen molar-refractivity contribution in [3.8, 4) is 0 Å². The molecular formula is C8H10N4. The van der Waals surface area contributed by atoms with Crippen molar-refractivity contribution in [3.05, 3.63) is 18.5 Å². The Morgan fingerprint density at radius 2 is 2.33 bits per heavy atom. The summed E-state index contributed by atoms with van der Waals surface area (Å²) >= 11 is 0. The molecule has 2 N–H and O–H groups in total. The van der Waals surface area contributed by atoms with Gasteiger partial charge in [0.25, 0.3) is 0 Å². The first-order valence-electron chi connectivity index (χ1n) is 3.93. The predicted octanol–water partition coefficient (Wildman–Crippen LogP) is 1.45. The molecule has 0 aliphatic carbocycles. The molecule has 4 nitrogen and oxygen atoms in total. The fourth-order valence-electron chi connectivity index (χ4n) is 1.06. The van der Waals surface area contributed by atoms with E-state index in [0.29, 0.717) is 0 Å². The number of hydrogen-bond acceptors (Lipinski definition) is 4. The van der Waals surface area contributed by atoms with E-state index in [1.165, 1.54) is 0 Å². The number of amidine groups is 1. The van der Waals surface area contributed by atoms with Crippen LogP contribution in [0.4, 0.5) is 11.4 Å². The summed E-state index contributed by atoms with van der Waals surface area (Å²) < 4.78 is 0. The number of rotatable bonds is 1. The molecule has 0 spiro atoms. The molecule has 0 radical (unpaired) electrons. The normalized spacial score (nSPS) is 13.9. The van der Waals surface area contributed by atoms with Gasteiger partial charge in [0, 0.05) is 12.6 Å². The third-order valence-corrected chi connectivity index (χ3v) is 1.73. The molecule has 0 amide bonds. The van der Waals surface area contributed by atoms with E-state index in [1.807, 2.05) is 6.07 Å². The first kappa shape index (κ1) is 7.09. The smallest absolute Gasteiger partial charge is 0.120 e. The molecule has 0 unspecified atom stereocenters. The van der Waals surface area contributed by atoms with Crippen LogP contribution >= 0.6 is 0 Å². The molecule has 12 heavy (non-hydrogen) atoms. The van der Waals surface area contributed by atoms with Crippen molar-refractivity contribution >= 4 is 17.2 Å². The molecule has 0 saturated heterocycles. The molecular weight excluding hydrogens is 152 g/mol. The number of aliphatic imine (C=N–C) groups is 1. The Kier molecular flexibility index (Phi) is 1.66. The minimum Gasteiger partial charge on any atom is -0.298 e. The largest absolute Gasteiger partial charge is 0.298 e. The van der Waals surface area contributed by atoms with Gasteiger partial charge in [-0.15, -0.1) is 0 Å². The highest BCUT2D eigenvalue weighted by atomic mass is 15.4. The Morgan fingerprint density at radius 1 is 1.42 bits per heavy atom. The van der Waals surface area contributed by atoms with Gasteiger partial charge in [-0.05, 0) is 6.07 Å². The molecule has 0 bridgehead atoms. The maximum Gasteiger partial charge on any atom is 0.120 e. The number of nitrogens with one attached hydrogen (secondary N) is 2. The molecule has 0 fully saturated rings. The van der Waals surface area contributed by atoms with Crippen molar-refractivity contribution in [1.82, 2.24) is 10.4 Å². The Morgan fingerprint density at radius 3 is 3.17 bits per heavy atom. The zero-order valence-corrected chi connectivity index (χ0v) is 6.83. The Bertz CT molecular complexity index is 319. The van der Waals surface area contributed by atoms with Crippen LogP contribution in [-0.2, 0) is 0 Å². The highest BCUT2D eigenvalue weighted by Crippen LogP contribution is 2.24. The molecule has 0 aromatic carbocycles. The molecule has 0 saturated carbocycles. The van der Waals surface area contributed by atoms with E-state index in [1.54, 1.807) is 12.4 Å². The van der Waals surface area contributed by atoms with Crippen molar-refractivity contribution in [2.45, 2.75) is 13.3 Å². The van der Waals surface area contributed by atoms with Gasteiger partial charge in [-0.3, -0.25) is 15.8 Å². The SMILES string of the molecule is CCC1=Nc2cnccc2NN1.